The summed E-state index contributed by atoms with van der Waals surface area (Å²) >= 11 is 0. The highest BCUT2D eigenvalue weighted by Crippen LogP contribution is 2.50. The van der Waals surface area contributed by atoms with Crippen molar-refractivity contribution in [2.24, 2.45) is 0 Å². The van der Waals surface area contributed by atoms with E-state index in [4.69, 9.17) is 4.42 Å². The summed E-state index contributed by atoms with van der Waals surface area (Å²) in [6.07, 6.45) is 0. The molecule has 9 rings (SSSR count). The van der Waals surface area contributed by atoms with Crippen LogP contribution in [0.1, 0.15) is 0 Å². The first-order valence-electron chi connectivity index (χ1n) is 17.0. The zero-order valence-corrected chi connectivity index (χ0v) is 27.4. The van der Waals surface area contributed by atoms with E-state index in [2.05, 4.69) is 199 Å². The Labute approximate surface area is 292 Å². The summed E-state index contributed by atoms with van der Waals surface area (Å²) in [5.74, 6) is 0. The van der Waals surface area contributed by atoms with Crippen LogP contribution in [0.4, 0.5) is 17.1 Å². The van der Waals surface area contributed by atoms with Gasteiger partial charge in [0.15, 0.2) is 0 Å². The van der Waals surface area contributed by atoms with Crippen molar-refractivity contribution in [2.75, 3.05) is 4.90 Å². The summed E-state index contributed by atoms with van der Waals surface area (Å²) in [6, 6.07) is 71.1. The van der Waals surface area contributed by atoms with E-state index in [1.807, 2.05) is 6.07 Å². The van der Waals surface area contributed by atoms with E-state index in [0.29, 0.717) is 0 Å². The van der Waals surface area contributed by atoms with Crippen LogP contribution in [-0.2, 0) is 0 Å². The molecule has 2 heteroatoms. The third-order valence-corrected chi connectivity index (χ3v) is 9.48. The van der Waals surface area contributed by atoms with E-state index in [0.717, 1.165) is 77.9 Å². The zero-order chi connectivity index (χ0) is 33.3. The van der Waals surface area contributed by atoms with Crippen molar-refractivity contribution in [3.05, 3.63) is 200 Å². The number of anilines is 3. The second-order valence-electron chi connectivity index (χ2n) is 12.5. The van der Waals surface area contributed by atoms with Crippen LogP contribution < -0.4 is 4.90 Å². The summed E-state index contributed by atoms with van der Waals surface area (Å²) in [4.78, 5) is 2.43. The summed E-state index contributed by atoms with van der Waals surface area (Å²) < 4.78 is 6.73. The fourth-order valence-electron chi connectivity index (χ4n) is 7.21. The molecule has 0 aliphatic carbocycles. The Morgan fingerprint density at radius 3 is 1.64 bits per heavy atom. The van der Waals surface area contributed by atoms with Gasteiger partial charge < -0.3 is 9.32 Å². The maximum Gasteiger partial charge on any atom is 0.143 e. The molecule has 0 bridgehead atoms. The molecule has 1 heterocycles. The van der Waals surface area contributed by atoms with E-state index in [9.17, 15) is 0 Å². The topological polar surface area (TPSA) is 16.4 Å². The minimum Gasteiger partial charge on any atom is -0.455 e. The van der Waals surface area contributed by atoms with Crippen LogP contribution in [-0.4, -0.2) is 0 Å². The Morgan fingerprint density at radius 1 is 0.340 bits per heavy atom. The standard InChI is InChI=1S/C48H33NO/c1-4-17-34(18-5-1)37-23-14-24-38(33-37)49(44-30-12-10-25-39(44)35-19-6-2-7-20-35)45-31-16-27-40(36-21-8-3-9-22-36)47(45)43-29-15-28-42-41-26-11-13-32-46(41)50-48(42)43/h1-33H. The van der Waals surface area contributed by atoms with Crippen LogP contribution in [0.15, 0.2) is 205 Å². The SMILES string of the molecule is c1ccc(-c2cccc(N(c3ccccc3-c3ccccc3)c3cccc(-c4ccccc4)c3-c3cccc4c3oc3ccccc34)c2)cc1. The van der Waals surface area contributed by atoms with Gasteiger partial charge in [-0.3, -0.25) is 0 Å². The number of furan rings is 1. The molecule has 0 radical (unpaired) electrons. The van der Waals surface area contributed by atoms with Gasteiger partial charge in [0.05, 0.1) is 11.4 Å². The molecule has 50 heavy (non-hydrogen) atoms. The molecule has 0 spiro atoms. The van der Waals surface area contributed by atoms with E-state index in [1.54, 1.807) is 0 Å². The molecule has 0 aliphatic rings. The molecule has 0 atom stereocenters. The monoisotopic (exact) mass is 639 g/mol. The molecular weight excluding hydrogens is 607 g/mol. The minimum atomic E-state index is 0.882. The van der Waals surface area contributed by atoms with Gasteiger partial charge in [0, 0.05) is 33.2 Å². The fraction of sp³-hybridized carbons (Fsp3) is 0. The van der Waals surface area contributed by atoms with Crippen LogP contribution in [0.25, 0.3) is 66.4 Å². The van der Waals surface area contributed by atoms with Gasteiger partial charge in [0.25, 0.3) is 0 Å². The predicted molar refractivity (Wildman–Crippen MR) is 210 cm³/mol. The van der Waals surface area contributed by atoms with Crippen molar-refractivity contribution in [2.45, 2.75) is 0 Å². The molecule has 0 unspecified atom stereocenters. The van der Waals surface area contributed by atoms with Gasteiger partial charge in [-0.05, 0) is 58.1 Å². The van der Waals surface area contributed by atoms with Gasteiger partial charge in [-0.25, -0.2) is 0 Å². The number of nitrogens with zero attached hydrogens (tertiary/aromatic N) is 1. The van der Waals surface area contributed by atoms with Crippen LogP contribution in [0.5, 0.6) is 0 Å². The number of hydrogen-bond acceptors (Lipinski definition) is 2. The smallest absolute Gasteiger partial charge is 0.143 e. The molecule has 0 amide bonds. The molecule has 9 aromatic rings. The van der Waals surface area contributed by atoms with Crippen molar-refractivity contribution in [1.29, 1.82) is 0 Å². The molecule has 1 aromatic heterocycles. The number of rotatable bonds is 7. The normalized spacial score (nSPS) is 11.2. The van der Waals surface area contributed by atoms with E-state index in [-0.39, 0.29) is 0 Å². The first-order valence-corrected chi connectivity index (χ1v) is 17.0. The molecule has 0 fully saturated rings. The maximum atomic E-state index is 6.73. The summed E-state index contributed by atoms with van der Waals surface area (Å²) in [5.41, 5.74) is 14.1. The summed E-state index contributed by atoms with van der Waals surface area (Å²) in [5, 5.41) is 2.22. The lowest BCUT2D eigenvalue weighted by atomic mass is 9.90. The molecule has 2 nitrogen and oxygen atoms in total. The third kappa shape index (κ3) is 5.24. The minimum absolute atomic E-state index is 0.882. The van der Waals surface area contributed by atoms with E-state index in [1.165, 1.54) is 5.56 Å². The van der Waals surface area contributed by atoms with Gasteiger partial charge in [-0.2, -0.15) is 0 Å². The Balaban J connectivity index is 1.39. The molecular formula is C48H33NO. The Bertz CT molecular complexity index is 2590. The highest BCUT2D eigenvalue weighted by molar-refractivity contribution is 6.13. The van der Waals surface area contributed by atoms with Gasteiger partial charge in [0.1, 0.15) is 11.2 Å². The molecule has 236 valence electrons. The first kappa shape index (κ1) is 29.5. The lowest BCUT2D eigenvalue weighted by molar-refractivity contribution is 0.670. The van der Waals surface area contributed by atoms with E-state index >= 15 is 0 Å². The van der Waals surface area contributed by atoms with Crippen molar-refractivity contribution >= 4 is 39.0 Å². The Kier molecular flexibility index (Phi) is 7.53. The van der Waals surface area contributed by atoms with Gasteiger partial charge in [-0.15, -0.1) is 0 Å². The Morgan fingerprint density at radius 2 is 0.860 bits per heavy atom. The van der Waals surface area contributed by atoms with Crippen molar-refractivity contribution in [1.82, 2.24) is 0 Å². The number of fused-ring (bicyclic) bond motifs is 3. The predicted octanol–water partition coefficient (Wildman–Crippen LogP) is 13.7. The lowest BCUT2D eigenvalue weighted by Crippen LogP contribution is -2.13. The highest BCUT2D eigenvalue weighted by atomic mass is 16.3. The zero-order valence-electron chi connectivity index (χ0n) is 27.4. The molecule has 0 aliphatic heterocycles. The summed E-state index contributed by atoms with van der Waals surface area (Å²) in [7, 11) is 0. The van der Waals surface area contributed by atoms with Gasteiger partial charge in [-0.1, -0.05) is 170 Å². The highest BCUT2D eigenvalue weighted by Gasteiger charge is 2.25. The third-order valence-electron chi connectivity index (χ3n) is 9.48. The lowest BCUT2D eigenvalue weighted by Gasteiger charge is -2.31. The average Bonchev–Trinajstić information content (AvgIpc) is 3.59. The molecule has 8 aromatic carbocycles. The Hall–Kier alpha value is -6.64. The molecule has 0 saturated carbocycles. The summed E-state index contributed by atoms with van der Waals surface area (Å²) in [6.45, 7) is 0. The van der Waals surface area contributed by atoms with Gasteiger partial charge in [0.2, 0.25) is 0 Å². The quantitative estimate of drug-likeness (QED) is 0.173. The van der Waals surface area contributed by atoms with Gasteiger partial charge >= 0.3 is 0 Å². The van der Waals surface area contributed by atoms with E-state index < -0.39 is 0 Å². The van der Waals surface area contributed by atoms with Crippen LogP contribution in [0.3, 0.4) is 0 Å². The second kappa shape index (κ2) is 12.8. The van der Waals surface area contributed by atoms with Crippen LogP contribution in [0, 0.1) is 0 Å². The largest absolute Gasteiger partial charge is 0.455 e. The van der Waals surface area contributed by atoms with Crippen LogP contribution in [0.2, 0.25) is 0 Å². The molecule has 0 N–H and O–H groups in total. The average molecular weight is 640 g/mol. The fourth-order valence-corrected chi connectivity index (χ4v) is 7.21. The van der Waals surface area contributed by atoms with Crippen molar-refractivity contribution < 1.29 is 4.42 Å². The first-order chi connectivity index (χ1) is 24.8. The number of para-hydroxylation sites is 3. The van der Waals surface area contributed by atoms with Crippen molar-refractivity contribution in [3.63, 3.8) is 0 Å². The number of hydrogen-bond donors (Lipinski definition) is 0. The maximum absolute atomic E-state index is 6.73. The van der Waals surface area contributed by atoms with Crippen molar-refractivity contribution in [3.8, 4) is 44.5 Å². The number of benzene rings is 8. The van der Waals surface area contributed by atoms with Crippen LogP contribution >= 0.6 is 0 Å². The molecule has 0 saturated heterocycles. The second-order valence-corrected chi connectivity index (χ2v) is 12.5.